The SMILES string of the molecule is N[C@H]1CC[C@H](Nc2c(C3(C=O)CC3)cnc3cc(F)c(-c4cc(F)c(O)c(F)c4)cc23)CC1. The molecule has 2 fully saturated rings. The standard InChI is InChI=1S/C25H24F3N3O2/c26-19-10-22-17(9-16(19)13-7-20(27)24(33)21(28)8-13)23(31-15-3-1-14(29)2-4-15)18(11-30-22)25(12-32)5-6-25/h7-12,14-15,33H,1-6,29H2,(H,30,31)/t14-,15-. The Kier molecular flexibility index (Phi) is 5.28. The number of carbonyl (C=O) groups is 1. The first-order valence-corrected chi connectivity index (χ1v) is 11.1. The van der Waals surface area contributed by atoms with Crippen molar-refractivity contribution in [3.8, 4) is 16.9 Å². The zero-order valence-electron chi connectivity index (χ0n) is 17.9. The topological polar surface area (TPSA) is 88.2 Å². The summed E-state index contributed by atoms with van der Waals surface area (Å²) in [6.45, 7) is 0. The smallest absolute Gasteiger partial charge is 0.187 e. The summed E-state index contributed by atoms with van der Waals surface area (Å²) < 4.78 is 42.9. The zero-order valence-corrected chi connectivity index (χ0v) is 17.9. The lowest BCUT2D eigenvalue weighted by Crippen LogP contribution is -2.33. The largest absolute Gasteiger partial charge is 0.503 e. The molecule has 0 aliphatic heterocycles. The number of pyridine rings is 1. The van der Waals surface area contributed by atoms with E-state index in [1.807, 2.05) is 0 Å². The van der Waals surface area contributed by atoms with Crippen LogP contribution in [0.1, 0.15) is 44.1 Å². The molecule has 1 heterocycles. The number of anilines is 1. The van der Waals surface area contributed by atoms with E-state index in [1.54, 1.807) is 6.20 Å². The molecule has 2 aromatic carbocycles. The van der Waals surface area contributed by atoms with Gasteiger partial charge in [-0.3, -0.25) is 4.98 Å². The summed E-state index contributed by atoms with van der Waals surface area (Å²) in [5.74, 6) is -4.15. The van der Waals surface area contributed by atoms with Gasteiger partial charge < -0.3 is 21.0 Å². The van der Waals surface area contributed by atoms with Crippen molar-refractivity contribution < 1.29 is 23.1 Å². The molecule has 0 amide bonds. The third kappa shape index (κ3) is 3.82. The van der Waals surface area contributed by atoms with Gasteiger partial charge in [-0.25, -0.2) is 13.2 Å². The number of phenolic OH excluding ortho intramolecular Hbond substituents is 1. The Morgan fingerprint density at radius 1 is 1.03 bits per heavy atom. The molecule has 5 rings (SSSR count). The van der Waals surface area contributed by atoms with E-state index in [4.69, 9.17) is 5.73 Å². The fraction of sp³-hybridized carbons (Fsp3) is 0.360. The van der Waals surface area contributed by atoms with Gasteiger partial charge in [-0.05, 0) is 62.3 Å². The first-order valence-electron chi connectivity index (χ1n) is 11.1. The van der Waals surface area contributed by atoms with Crippen LogP contribution in [0, 0.1) is 17.5 Å². The number of hydrogen-bond acceptors (Lipinski definition) is 5. The van der Waals surface area contributed by atoms with Gasteiger partial charge in [-0.1, -0.05) is 0 Å². The van der Waals surface area contributed by atoms with Crippen LogP contribution < -0.4 is 11.1 Å². The molecule has 3 aromatic rings. The van der Waals surface area contributed by atoms with Gasteiger partial charge in [0, 0.05) is 46.5 Å². The van der Waals surface area contributed by atoms with Gasteiger partial charge in [-0.2, -0.15) is 0 Å². The van der Waals surface area contributed by atoms with E-state index >= 15 is 0 Å². The number of aromatic nitrogens is 1. The number of carbonyl (C=O) groups excluding carboxylic acids is 1. The normalized spacial score (nSPS) is 21.7. The number of nitrogens with one attached hydrogen (secondary N) is 1. The van der Waals surface area contributed by atoms with Crippen molar-refractivity contribution in [3.05, 3.63) is 53.5 Å². The van der Waals surface area contributed by atoms with Gasteiger partial charge in [0.05, 0.1) is 10.9 Å². The summed E-state index contributed by atoms with van der Waals surface area (Å²) in [6.07, 6.45) is 7.45. The van der Waals surface area contributed by atoms with Gasteiger partial charge in [0.25, 0.3) is 0 Å². The number of halogens is 3. The first kappa shape index (κ1) is 21.7. The molecular weight excluding hydrogens is 431 g/mol. The van der Waals surface area contributed by atoms with Crippen LogP contribution in [0.4, 0.5) is 18.9 Å². The maximum Gasteiger partial charge on any atom is 0.187 e. The van der Waals surface area contributed by atoms with Crippen molar-refractivity contribution in [3.63, 3.8) is 0 Å². The Hall–Kier alpha value is -3.13. The van der Waals surface area contributed by atoms with E-state index in [1.165, 1.54) is 12.1 Å². The van der Waals surface area contributed by atoms with Crippen LogP contribution in [0.2, 0.25) is 0 Å². The summed E-state index contributed by atoms with van der Waals surface area (Å²) >= 11 is 0. The van der Waals surface area contributed by atoms with Gasteiger partial charge in [0.1, 0.15) is 12.1 Å². The Bertz CT molecular complexity index is 1230. The van der Waals surface area contributed by atoms with Crippen LogP contribution in [-0.4, -0.2) is 28.5 Å². The van der Waals surface area contributed by atoms with E-state index in [0.717, 1.165) is 49.7 Å². The summed E-state index contributed by atoms with van der Waals surface area (Å²) in [6, 6.07) is 4.81. The van der Waals surface area contributed by atoms with Gasteiger partial charge >= 0.3 is 0 Å². The molecule has 1 aromatic heterocycles. The van der Waals surface area contributed by atoms with Crippen molar-refractivity contribution in [2.45, 2.75) is 56.0 Å². The molecular formula is C25H24F3N3O2. The minimum absolute atomic E-state index is 0.0242. The Labute approximate surface area is 188 Å². The van der Waals surface area contributed by atoms with Crippen molar-refractivity contribution in [2.24, 2.45) is 5.73 Å². The molecule has 172 valence electrons. The number of aromatic hydroxyl groups is 1. The second-order valence-electron chi connectivity index (χ2n) is 9.21. The fourth-order valence-corrected chi connectivity index (χ4v) is 4.74. The average molecular weight is 455 g/mol. The second kappa shape index (κ2) is 8.02. The Balaban J connectivity index is 1.68. The highest BCUT2D eigenvalue weighted by Crippen LogP contribution is 2.50. The molecule has 0 spiro atoms. The quantitative estimate of drug-likeness (QED) is 0.475. The molecule has 2 aliphatic rings. The van der Waals surface area contributed by atoms with Crippen LogP contribution in [0.3, 0.4) is 0 Å². The lowest BCUT2D eigenvalue weighted by atomic mass is 9.89. The van der Waals surface area contributed by atoms with Crippen LogP contribution in [-0.2, 0) is 10.2 Å². The maximum atomic E-state index is 15.0. The first-order chi connectivity index (χ1) is 15.8. The second-order valence-corrected chi connectivity index (χ2v) is 9.21. The highest BCUT2D eigenvalue weighted by atomic mass is 19.1. The van der Waals surface area contributed by atoms with Gasteiger partial charge in [-0.15, -0.1) is 0 Å². The van der Waals surface area contributed by atoms with Crippen LogP contribution in [0.15, 0.2) is 30.5 Å². The average Bonchev–Trinajstić information content (AvgIpc) is 3.59. The molecule has 0 atom stereocenters. The fourth-order valence-electron chi connectivity index (χ4n) is 4.74. The van der Waals surface area contributed by atoms with Crippen molar-refractivity contribution in [1.82, 2.24) is 4.98 Å². The van der Waals surface area contributed by atoms with E-state index in [0.29, 0.717) is 29.4 Å². The Morgan fingerprint density at radius 2 is 1.70 bits per heavy atom. The predicted molar refractivity (Wildman–Crippen MR) is 120 cm³/mol. The predicted octanol–water partition coefficient (Wildman–Crippen LogP) is 4.94. The minimum atomic E-state index is -1.17. The molecule has 33 heavy (non-hydrogen) atoms. The molecule has 5 nitrogen and oxygen atoms in total. The lowest BCUT2D eigenvalue weighted by Gasteiger charge is -2.30. The number of nitrogens with zero attached hydrogens (tertiary/aromatic N) is 1. The molecule has 8 heteroatoms. The number of aldehydes is 1. The zero-order chi connectivity index (χ0) is 23.3. The number of fused-ring (bicyclic) bond motifs is 1. The van der Waals surface area contributed by atoms with Crippen molar-refractivity contribution in [1.29, 1.82) is 0 Å². The molecule has 2 saturated carbocycles. The summed E-state index contributed by atoms with van der Waals surface area (Å²) in [5.41, 5.74) is 7.17. The number of nitrogens with two attached hydrogens (primary N) is 1. The molecule has 2 aliphatic carbocycles. The minimum Gasteiger partial charge on any atom is -0.503 e. The van der Waals surface area contributed by atoms with Crippen LogP contribution >= 0.6 is 0 Å². The number of rotatable bonds is 5. The number of hydrogen-bond donors (Lipinski definition) is 3. The van der Waals surface area contributed by atoms with Crippen molar-refractivity contribution >= 4 is 22.9 Å². The Morgan fingerprint density at radius 3 is 2.30 bits per heavy atom. The van der Waals surface area contributed by atoms with E-state index in [-0.39, 0.29) is 23.2 Å². The van der Waals surface area contributed by atoms with Crippen LogP contribution in [0.5, 0.6) is 5.75 Å². The third-order valence-electron chi connectivity index (χ3n) is 6.96. The summed E-state index contributed by atoms with van der Waals surface area (Å²) in [7, 11) is 0. The van der Waals surface area contributed by atoms with E-state index in [9.17, 15) is 23.1 Å². The van der Waals surface area contributed by atoms with Crippen molar-refractivity contribution in [2.75, 3.05) is 5.32 Å². The summed E-state index contributed by atoms with van der Waals surface area (Å²) in [4.78, 5) is 16.3. The lowest BCUT2D eigenvalue weighted by molar-refractivity contribution is -0.109. The molecule has 4 N–H and O–H groups in total. The maximum absolute atomic E-state index is 15.0. The third-order valence-corrected chi connectivity index (χ3v) is 6.96. The van der Waals surface area contributed by atoms with Gasteiger partial charge in [0.15, 0.2) is 17.4 Å². The monoisotopic (exact) mass is 455 g/mol. The number of phenols is 1. The van der Waals surface area contributed by atoms with Crippen LogP contribution in [0.25, 0.3) is 22.0 Å². The molecule has 0 saturated heterocycles. The molecule has 0 unspecified atom stereocenters. The summed E-state index contributed by atoms with van der Waals surface area (Å²) in [5, 5.41) is 13.5. The number of benzene rings is 2. The van der Waals surface area contributed by atoms with E-state index < -0.39 is 28.6 Å². The highest BCUT2D eigenvalue weighted by molar-refractivity contribution is 5.98. The van der Waals surface area contributed by atoms with E-state index in [2.05, 4.69) is 10.3 Å². The van der Waals surface area contributed by atoms with Gasteiger partial charge in [0.2, 0.25) is 0 Å². The molecule has 0 radical (unpaired) electrons. The highest BCUT2D eigenvalue weighted by Gasteiger charge is 2.46. The molecule has 0 bridgehead atoms.